The van der Waals surface area contributed by atoms with Crippen molar-refractivity contribution in [2.45, 2.75) is 31.5 Å². The Morgan fingerprint density at radius 2 is 1.47 bits per heavy atom. The number of hydrogen-bond donors (Lipinski definition) is 2. The number of nitrogens with zero attached hydrogens (tertiary/aromatic N) is 1. The van der Waals surface area contributed by atoms with E-state index in [-0.39, 0.29) is 35.5 Å². The van der Waals surface area contributed by atoms with E-state index < -0.39 is 41.5 Å². The predicted octanol–water partition coefficient (Wildman–Crippen LogP) is 5.71. The van der Waals surface area contributed by atoms with Crippen LogP contribution in [-0.2, 0) is 17.4 Å². The molecule has 1 aliphatic rings. The number of amides is 2. The standard InChI is InChI=1S/C28H23ClF3NO5/c29-23-11-10-18(15-22(23)28(30,31)32)17-8-5-16(6-9-17)7-12-24(34)21(27(37)38)13-14-33-25(35)19-3-1-2-4-20(19)26(33)36/h1-6,8-11,15,21,24,34H,7,12-14H2,(H,37,38). The van der Waals surface area contributed by atoms with Gasteiger partial charge < -0.3 is 10.2 Å². The minimum Gasteiger partial charge on any atom is -0.481 e. The van der Waals surface area contributed by atoms with E-state index in [1.54, 1.807) is 36.4 Å². The highest BCUT2D eigenvalue weighted by Gasteiger charge is 2.37. The predicted molar refractivity (Wildman–Crippen MR) is 134 cm³/mol. The number of alkyl halides is 3. The van der Waals surface area contributed by atoms with Gasteiger partial charge in [-0.05, 0) is 60.2 Å². The maximum Gasteiger partial charge on any atom is 0.417 e. The fraction of sp³-hybridized carbons (Fsp3) is 0.250. The highest BCUT2D eigenvalue weighted by molar-refractivity contribution is 6.31. The second-order valence-electron chi connectivity index (χ2n) is 9.04. The maximum absolute atomic E-state index is 13.2. The van der Waals surface area contributed by atoms with Gasteiger partial charge in [0.25, 0.3) is 11.8 Å². The van der Waals surface area contributed by atoms with Crippen molar-refractivity contribution in [3.8, 4) is 11.1 Å². The van der Waals surface area contributed by atoms with E-state index in [1.165, 1.54) is 24.3 Å². The largest absolute Gasteiger partial charge is 0.481 e. The van der Waals surface area contributed by atoms with Crippen molar-refractivity contribution in [2.75, 3.05) is 6.54 Å². The van der Waals surface area contributed by atoms with E-state index in [4.69, 9.17) is 11.6 Å². The topological polar surface area (TPSA) is 94.9 Å². The normalized spacial score (nSPS) is 14.9. The molecule has 1 aliphatic heterocycles. The number of carbonyl (C=O) groups excluding carboxylic acids is 2. The summed E-state index contributed by atoms with van der Waals surface area (Å²) in [7, 11) is 0. The van der Waals surface area contributed by atoms with Gasteiger partial charge in [-0.15, -0.1) is 0 Å². The Bertz CT molecular complexity index is 1340. The summed E-state index contributed by atoms with van der Waals surface area (Å²) in [5, 5.41) is 19.9. The Labute approximate surface area is 221 Å². The van der Waals surface area contributed by atoms with Gasteiger partial charge in [0.05, 0.1) is 33.7 Å². The molecule has 0 aliphatic carbocycles. The molecule has 3 aromatic rings. The molecule has 4 rings (SSSR count). The van der Waals surface area contributed by atoms with Crippen LogP contribution in [0.25, 0.3) is 11.1 Å². The summed E-state index contributed by atoms with van der Waals surface area (Å²) in [4.78, 5) is 37.9. The van der Waals surface area contributed by atoms with Gasteiger partial charge in [-0.2, -0.15) is 13.2 Å². The van der Waals surface area contributed by atoms with Crippen LogP contribution in [0.1, 0.15) is 44.7 Å². The maximum atomic E-state index is 13.2. The van der Waals surface area contributed by atoms with Crippen molar-refractivity contribution in [2.24, 2.45) is 5.92 Å². The second kappa shape index (κ2) is 11.0. The molecule has 0 saturated carbocycles. The first kappa shape index (κ1) is 27.3. The SMILES string of the molecule is O=C(O)C(CCN1C(=O)c2ccccc2C1=O)C(O)CCc1ccc(-c2ccc(Cl)c(C(F)(F)F)c2)cc1. The molecule has 38 heavy (non-hydrogen) atoms. The molecular weight excluding hydrogens is 523 g/mol. The van der Waals surface area contributed by atoms with Gasteiger partial charge in [-0.25, -0.2) is 0 Å². The number of halogens is 4. The number of aliphatic hydroxyl groups excluding tert-OH is 1. The summed E-state index contributed by atoms with van der Waals surface area (Å²) in [6.07, 6.45) is -5.53. The molecule has 10 heteroatoms. The fourth-order valence-corrected chi connectivity index (χ4v) is 4.72. The lowest BCUT2D eigenvalue weighted by Crippen LogP contribution is -2.36. The second-order valence-corrected chi connectivity index (χ2v) is 9.44. The van der Waals surface area contributed by atoms with Gasteiger partial charge >= 0.3 is 12.1 Å². The first-order valence-corrected chi connectivity index (χ1v) is 12.2. The van der Waals surface area contributed by atoms with Gasteiger partial charge in [0.1, 0.15) is 0 Å². The van der Waals surface area contributed by atoms with E-state index in [9.17, 15) is 37.8 Å². The van der Waals surface area contributed by atoms with E-state index in [0.717, 1.165) is 16.5 Å². The highest BCUT2D eigenvalue weighted by atomic mass is 35.5. The lowest BCUT2D eigenvalue weighted by atomic mass is 9.93. The van der Waals surface area contributed by atoms with Crippen molar-refractivity contribution >= 4 is 29.4 Å². The number of aliphatic hydroxyl groups is 1. The van der Waals surface area contributed by atoms with Crippen molar-refractivity contribution in [1.82, 2.24) is 4.90 Å². The number of carboxylic acid groups (broad SMARTS) is 1. The first-order valence-electron chi connectivity index (χ1n) is 11.8. The molecule has 6 nitrogen and oxygen atoms in total. The number of hydrogen-bond acceptors (Lipinski definition) is 4. The molecule has 2 unspecified atom stereocenters. The Morgan fingerprint density at radius 1 is 0.895 bits per heavy atom. The van der Waals surface area contributed by atoms with Crippen LogP contribution in [0.15, 0.2) is 66.7 Å². The van der Waals surface area contributed by atoms with Gasteiger partial charge in [0, 0.05) is 6.54 Å². The number of aliphatic carboxylic acids is 1. The van der Waals surface area contributed by atoms with E-state index >= 15 is 0 Å². The zero-order valence-corrected chi connectivity index (χ0v) is 20.7. The molecule has 3 aromatic carbocycles. The average Bonchev–Trinajstić information content (AvgIpc) is 3.12. The van der Waals surface area contributed by atoms with E-state index in [2.05, 4.69) is 0 Å². The number of benzene rings is 3. The van der Waals surface area contributed by atoms with Crippen molar-refractivity contribution in [3.63, 3.8) is 0 Å². The summed E-state index contributed by atoms with van der Waals surface area (Å²) in [6, 6.07) is 16.7. The number of rotatable bonds is 9. The van der Waals surface area contributed by atoms with Gasteiger partial charge in [0.2, 0.25) is 0 Å². The lowest BCUT2D eigenvalue weighted by molar-refractivity contribution is -0.146. The molecule has 2 N–H and O–H groups in total. The number of carbonyl (C=O) groups is 3. The van der Waals surface area contributed by atoms with Gasteiger partial charge in [-0.1, -0.05) is 54.1 Å². The zero-order valence-electron chi connectivity index (χ0n) is 19.9. The van der Waals surface area contributed by atoms with Crippen molar-refractivity contribution < 1.29 is 37.8 Å². The highest BCUT2D eigenvalue weighted by Crippen LogP contribution is 2.37. The van der Waals surface area contributed by atoms with Crippen molar-refractivity contribution in [3.05, 3.63) is 94.0 Å². The summed E-state index contributed by atoms with van der Waals surface area (Å²) in [5.74, 6) is -3.43. The van der Waals surface area contributed by atoms with Crippen LogP contribution in [-0.4, -0.2) is 45.5 Å². The minimum atomic E-state index is -4.58. The molecule has 0 fully saturated rings. The molecule has 2 amide bonds. The summed E-state index contributed by atoms with van der Waals surface area (Å²) in [6.45, 7) is -0.143. The third-order valence-electron chi connectivity index (χ3n) is 6.61. The van der Waals surface area contributed by atoms with Crippen LogP contribution in [0.4, 0.5) is 13.2 Å². The van der Waals surface area contributed by atoms with E-state index in [0.29, 0.717) is 17.5 Å². The van der Waals surface area contributed by atoms with Crippen LogP contribution in [0.5, 0.6) is 0 Å². The van der Waals surface area contributed by atoms with Crippen LogP contribution in [0.3, 0.4) is 0 Å². The molecule has 1 heterocycles. The molecule has 198 valence electrons. The Balaban J connectivity index is 1.37. The average molecular weight is 546 g/mol. The number of aryl methyl sites for hydroxylation is 1. The Kier molecular flexibility index (Phi) is 7.89. The third-order valence-corrected chi connectivity index (χ3v) is 6.94. The summed E-state index contributed by atoms with van der Waals surface area (Å²) >= 11 is 5.69. The van der Waals surface area contributed by atoms with Crippen LogP contribution >= 0.6 is 11.6 Å². The van der Waals surface area contributed by atoms with Crippen LogP contribution < -0.4 is 0 Å². The summed E-state index contributed by atoms with van der Waals surface area (Å²) < 4.78 is 39.5. The fourth-order valence-electron chi connectivity index (χ4n) is 4.49. The molecule has 0 bridgehead atoms. The number of imide groups is 1. The van der Waals surface area contributed by atoms with Crippen molar-refractivity contribution in [1.29, 1.82) is 0 Å². The lowest BCUT2D eigenvalue weighted by Gasteiger charge is -2.22. The quantitative estimate of drug-likeness (QED) is 0.336. The van der Waals surface area contributed by atoms with Gasteiger partial charge in [0.15, 0.2) is 0 Å². The molecule has 0 radical (unpaired) electrons. The van der Waals surface area contributed by atoms with Crippen LogP contribution in [0.2, 0.25) is 5.02 Å². The smallest absolute Gasteiger partial charge is 0.417 e. The number of fused-ring (bicyclic) bond motifs is 1. The molecule has 0 saturated heterocycles. The third kappa shape index (κ3) is 5.74. The molecule has 2 atom stereocenters. The Hall–Kier alpha value is -3.69. The number of carboxylic acids is 1. The van der Waals surface area contributed by atoms with E-state index in [1.807, 2.05) is 0 Å². The first-order chi connectivity index (χ1) is 18.0. The van der Waals surface area contributed by atoms with Gasteiger partial charge in [-0.3, -0.25) is 19.3 Å². The van der Waals surface area contributed by atoms with Crippen LogP contribution in [0, 0.1) is 5.92 Å². The summed E-state index contributed by atoms with van der Waals surface area (Å²) in [5.41, 5.74) is 1.24. The Morgan fingerprint density at radius 3 is 2.03 bits per heavy atom. The molecule has 0 aromatic heterocycles. The molecular formula is C28H23ClF3NO5. The molecule has 0 spiro atoms. The zero-order chi connectivity index (χ0) is 27.6. The monoisotopic (exact) mass is 545 g/mol. The minimum absolute atomic E-state index is 0.0948.